The van der Waals surface area contributed by atoms with Crippen molar-refractivity contribution in [3.8, 4) is 77.9 Å². The molecule has 3 nitrogen and oxygen atoms in total. The summed E-state index contributed by atoms with van der Waals surface area (Å²) in [4.78, 5) is 2.50. The molecule has 0 spiro atoms. The van der Waals surface area contributed by atoms with Crippen molar-refractivity contribution >= 4 is 71.7 Å². The highest BCUT2D eigenvalue weighted by Crippen LogP contribution is 2.53. The highest BCUT2D eigenvalue weighted by molar-refractivity contribution is 6.21. The van der Waals surface area contributed by atoms with E-state index in [2.05, 4.69) is 296 Å². The molecule has 0 saturated heterocycles. The topological polar surface area (TPSA) is 29.5 Å². The summed E-state index contributed by atoms with van der Waals surface area (Å²) < 4.78 is 13.5. The maximum atomic E-state index is 7.00. The van der Waals surface area contributed by atoms with Crippen molar-refractivity contribution in [2.45, 2.75) is 0 Å². The van der Waals surface area contributed by atoms with E-state index < -0.39 is 0 Å². The predicted octanol–water partition coefficient (Wildman–Crippen LogP) is 21.8. The second kappa shape index (κ2) is 19.3. The lowest BCUT2D eigenvalue weighted by Crippen LogP contribution is -2.13. The van der Waals surface area contributed by atoms with Gasteiger partial charge in [-0.05, 0) is 127 Å². The quantitative estimate of drug-likeness (QED) is 0.137. The van der Waals surface area contributed by atoms with Gasteiger partial charge in [0.25, 0.3) is 0 Å². The first kappa shape index (κ1) is 45.9. The molecule has 0 bridgehead atoms. The number of fused-ring (bicyclic) bond motifs is 8. The van der Waals surface area contributed by atoms with Crippen molar-refractivity contribution in [1.82, 2.24) is 0 Å². The fourth-order valence-corrected chi connectivity index (χ4v) is 12.1. The zero-order chi connectivity index (χ0) is 52.2. The Morgan fingerprint density at radius 3 is 1.53 bits per heavy atom. The number of para-hydroxylation sites is 1. The molecule has 79 heavy (non-hydrogen) atoms. The standard InChI is InChI=1S/C76H49NO2/c1-4-20-50(21-5-1)51-40-42-52(43-41-51)56-45-47-68(67(49-56)54-24-8-3-9-25-54)77(58-28-16-27-57(48-58)60-33-18-38-71-74(60)64-32-14-15-37-70(64)78-71)69-36-17-34-63(62-31-13-12-29-59(62)53-22-6-2-7-23-53)73(69)65-35-19-39-72-75(65)66-46-44-55-26-10-11-30-61(55)76(66)79-72/h1-49H. The highest BCUT2D eigenvalue weighted by Gasteiger charge is 2.27. The minimum atomic E-state index is 0.836. The second-order valence-electron chi connectivity index (χ2n) is 20.3. The van der Waals surface area contributed by atoms with E-state index in [0.29, 0.717) is 0 Å². The Bertz CT molecular complexity index is 4760. The Kier molecular flexibility index (Phi) is 11.2. The van der Waals surface area contributed by atoms with Crippen LogP contribution in [-0.2, 0) is 0 Å². The lowest BCUT2D eigenvalue weighted by atomic mass is 9.86. The van der Waals surface area contributed by atoms with E-state index >= 15 is 0 Å². The van der Waals surface area contributed by atoms with Crippen LogP contribution in [0.25, 0.3) is 133 Å². The van der Waals surface area contributed by atoms with Gasteiger partial charge in [0.05, 0.1) is 11.4 Å². The summed E-state index contributed by atoms with van der Waals surface area (Å²) in [5, 5.41) is 6.56. The molecule has 0 saturated carbocycles. The van der Waals surface area contributed by atoms with Crippen molar-refractivity contribution in [3.05, 3.63) is 297 Å². The Labute approximate surface area is 458 Å². The summed E-state index contributed by atoms with van der Waals surface area (Å²) in [6.07, 6.45) is 0. The Morgan fingerprint density at radius 2 is 0.759 bits per heavy atom. The van der Waals surface area contributed by atoms with E-state index in [1.54, 1.807) is 0 Å². The predicted molar refractivity (Wildman–Crippen MR) is 331 cm³/mol. The van der Waals surface area contributed by atoms with E-state index in [-0.39, 0.29) is 0 Å². The molecule has 2 heterocycles. The van der Waals surface area contributed by atoms with Gasteiger partial charge >= 0.3 is 0 Å². The number of rotatable bonds is 10. The van der Waals surface area contributed by atoms with Crippen molar-refractivity contribution in [2.24, 2.45) is 0 Å². The molecule has 0 atom stereocenters. The third-order valence-electron chi connectivity index (χ3n) is 15.7. The molecular formula is C76H49NO2. The molecule has 0 fully saturated rings. The summed E-state index contributed by atoms with van der Waals surface area (Å²) in [6.45, 7) is 0. The number of hydrogen-bond acceptors (Lipinski definition) is 3. The van der Waals surface area contributed by atoms with Gasteiger partial charge in [-0.2, -0.15) is 0 Å². The van der Waals surface area contributed by atoms with E-state index in [9.17, 15) is 0 Å². The van der Waals surface area contributed by atoms with Gasteiger partial charge in [0, 0.05) is 43.7 Å². The largest absolute Gasteiger partial charge is 0.456 e. The third kappa shape index (κ3) is 7.99. The van der Waals surface area contributed by atoms with Crippen LogP contribution in [0.2, 0.25) is 0 Å². The van der Waals surface area contributed by atoms with E-state index in [1.807, 2.05) is 6.07 Å². The normalized spacial score (nSPS) is 11.5. The Hall–Kier alpha value is -10.5. The molecule has 0 unspecified atom stereocenters. The summed E-state index contributed by atoms with van der Waals surface area (Å²) in [5.74, 6) is 0. The van der Waals surface area contributed by atoms with Crippen LogP contribution in [-0.4, -0.2) is 0 Å². The van der Waals surface area contributed by atoms with Gasteiger partial charge < -0.3 is 13.7 Å². The lowest BCUT2D eigenvalue weighted by Gasteiger charge is -2.32. The van der Waals surface area contributed by atoms with Crippen LogP contribution in [0.1, 0.15) is 0 Å². The maximum absolute atomic E-state index is 7.00. The molecule has 13 aromatic carbocycles. The molecule has 0 N–H and O–H groups in total. The Morgan fingerprint density at radius 1 is 0.241 bits per heavy atom. The second-order valence-corrected chi connectivity index (χ2v) is 20.3. The number of anilines is 3. The van der Waals surface area contributed by atoms with Crippen molar-refractivity contribution in [1.29, 1.82) is 0 Å². The molecule has 0 aliphatic rings. The summed E-state index contributed by atoms with van der Waals surface area (Å²) in [7, 11) is 0. The van der Waals surface area contributed by atoms with Gasteiger partial charge in [0.2, 0.25) is 0 Å². The van der Waals surface area contributed by atoms with Crippen LogP contribution in [0.15, 0.2) is 306 Å². The Balaban J connectivity index is 1.04. The monoisotopic (exact) mass is 1010 g/mol. The average Bonchev–Trinajstić information content (AvgIpc) is 4.25. The SMILES string of the molecule is c1ccc(-c2ccc(-c3ccc(N(c4cccc(-c5cccc6oc7ccccc7c56)c4)c4cccc(-c5ccccc5-c5ccccc5)c4-c4cccc5oc6c7ccccc7ccc6c45)c(-c4ccccc4)c3)cc2)cc1. The van der Waals surface area contributed by atoms with E-state index in [0.717, 1.165) is 138 Å². The van der Waals surface area contributed by atoms with Gasteiger partial charge in [-0.1, -0.05) is 243 Å². The minimum absolute atomic E-state index is 0.836. The smallest absolute Gasteiger partial charge is 0.143 e. The van der Waals surface area contributed by atoms with Gasteiger partial charge in [-0.15, -0.1) is 0 Å². The first-order valence-corrected chi connectivity index (χ1v) is 27.0. The number of nitrogens with zero attached hydrogens (tertiary/aromatic N) is 1. The molecular weight excluding hydrogens is 959 g/mol. The number of hydrogen-bond donors (Lipinski definition) is 0. The van der Waals surface area contributed by atoms with Crippen LogP contribution in [0, 0.1) is 0 Å². The molecule has 0 amide bonds. The van der Waals surface area contributed by atoms with Crippen LogP contribution >= 0.6 is 0 Å². The fraction of sp³-hybridized carbons (Fsp3) is 0. The van der Waals surface area contributed by atoms with Crippen LogP contribution in [0.5, 0.6) is 0 Å². The van der Waals surface area contributed by atoms with E-state index in [1.165, 1.54) is 11.1 Å². The molecule has 3 heteroatoms. The van der Waals surface area contributed by atoms with Gasteiger partial charge in [-0.25, -0.2) is 0 Å². The third-order valence-corrected chi connectivity index (χ3v) is 15.7. The zero-order valence-electron chi connectivity index (χ0n) is 43.1. The number of furan rings is 2. The highest BCUT2D eigenvalue weighted by atomic mass is 16.3. The van der Waals surface area contributed by atoms with Crippen molar-refractivity contribution in [3.63, 3.8) is 0 Å². The molecule has 2 aromatic heterocycles. The summed E-state index contributed by atoms with van der Waals surface area (Å²) >= 11 is 0. The average molecular weight is 1010 g/mol. The molecule has 15 rings (SSSR count). The van der Waals surface area contributed by atoms with Crippen LogP contribution in [0.3, 0.4) is 0 Å². The number of benzene rings is 13. The molecule has 370 valence electrons. The molecule has 0 radical (unpaired) electrons. The molecule has 15 aromatic rings. The van der Waals surface area contributed by atoms with Gasteiger partial charge in [0.15, 0.2) is 0 Å². The fourth-order valence-electron chi connectivity index (χ4n) is 12.1. The first-order valence-electron chi connectivity index (χ1n) is 27.0. The van der Waals surface area contributed by atoms with Crippen LogP contribution in [0.4, 0.5) is 17.1 Å². The van der Waals surface area contributed by atoms with Gasteiger partial charge in [-0.3, -0.25) is 0 Å². The van der Waals surface area contributed by atoms with Gasteiger partial charge in [0.1, 0.15) is 22.3 Å². The van der Waals surface area contributed by atoms with Crippen molar-refractivity contribution in [2.75, 3.05) is 4.90 Å². The minimum Gasteiger partial charge on any atom is -0.456 e. The lowest BCUT2D eigenvalue weighted by molar-refractivity contribution is 0.669. The molecule has 0 aliphatic carbocycles. The zero-order valence-corrected chi connectivity index (χ0v) is 43.1. The van der Waals surface area contributed by atoms with Crippen LogP contribution < -0.4 is 4.90 Å². The summed E-state index contributed by atoms with van der Waals surface area (Å²) in [5.41, 5.74) is 22.2. The maximum Gasteiger partial charge on any atom is 0.143 e. The first-order chi connectivity index (χ1) is 39.2. The van der Waals surface area contributed by atoms with E-state index in [4.69, 9.17) is 8.83 Å². The van der Waals surface area contributed by atoms with Crippen molar-refractivity contribution < 1.29 is 8.83 Å². The summed E-state index contributed by atoms with van der Waals surface area (Å²) in [6, 6.07) is 107. The molecule has 0 aliphatic heterocycles.